The maximum Gasteiger partial charge on any atom is 0.249 e. The Morgan fingerprint density at radius 3 is 2.44 bits per heavy atom. The number of nitrogens with two attached hydrogens (primary N) is 2. The second kappa shape index (κ2) is 4.74. The first kappa shape index (κ1) is 12.2. The van der Waals surface area contributed by atoms with Crippen molar-refractivity contribution in [1.82, 2.24) is 0 Å². The molecule has 5 heteroatoms. The van der Waals surface area contributed by atoms with Gasteiger partial charge in [0.1, 0.15) is 5.82 Å². The van der Waals surface area contributed by atoms with Gasteiger partial charge in [0.2, 0.25) is 11.8 Å². The van der Waals surface area contributed by atoms with Crippen molar-refractivity contribution < 1.29 is 14.0 Å². The van der Waals surface area contributed by atoms with Gasteiger partial charge in [-0.2, -0.15) is 0 Å². The molecule has 2 amide bonds. The summed E-state index contributed by atoms with van der Waals surface area (Å²) in [7, 11) is 0. The number of carbonyl (C=O) groups is 2. The highest BCUT2D eigenvalue weighted by atomic mass is 19.1. The lowest BCUT2D eigenvalue weighted by atomic mass is 9.91. The molecule has 4 nitrogen and oxygen atoms in total. The zero-order valence-electron chi connectivity index (χ0n) is 8.87. The Balaban J connectivity index is 3.31. The summed E-state index contributed by atoms with van der Waals surface area (Å²) in [5.41, 5.74) is 10.7. The molecular weight excluding hydrogens is 211 g/mol. The van der Waals surface area contributed by atoms with Crippen molar-refractivity contribution in [3.63, 3.8) is 0 Å². The maximum atomic E-state index is 13.0. The van der Waals surface area contributed by atoms with Gasteiger partial charge >= 0.3 is 0 Å². The normalized spacial score (nSPS) is 12.1. The van der Waals surface area contributed by atoms with Gasteiger partial charge in [-0.05, 0) is 24.1 Å². The fraction of sp³-hybridized carbons (Fsp3) is 0.273. The van der Waals surface area contributed by atoms with Crippen LogP contribution in [0.3, 0.4) is 0 Å². The molecule has 0 aliphatic rings. The Labute approximate surface area is 92.4 Å². The number of carbonyl (C=O) groups excluding carboxylic acids is 2. The lowest BCUT2D eigenvalue weighted by Crippen LogP contribution is -2.24. The van der Waals surface area contributed by atoms with Crippen molar-refractivity contribution in [1.29, 1.82) is 0 Å². The average Bonchev–Trinajstić information content (AvgIpc) is 2.20. The molecule has 1 atom stereocenters. The molecule has 16 heavy (non-hydrogen) atoms. The maximum absolute atomic E-state index is 13.0. The Hall–Kier alpha value is -1.91. The van der Waals surface area contributed by atoms with Crippen LogP contribution in [0.5, 0.6) is 0 Å². The first-order chi connectivity index (χ1) is 7.47. The smallest absolute Gasteiger partial charge is 0.249 e. The Kier molecular flexibility index (Phi) is 3.60. The number of hydrogen-bond donors (Lipinski definition) is 2. The van der Waals surface area contributed by atoms with Crippen LogP contribution < -0.4 is 11.5 Å². The number of hydrogen-bond acceptors (Lipinski definition) is 2. The Morgan fingerprint density at radius 2 is 2.00 bits per heavy atom. The largest absolute Gasteiger partial charge is 0.369 e. The molecule has 0 radical (unpaired) electrons. The molecule has 0 spiro atoms. The predicted molar refractivity (Wildman–Crippen MR) is 57.1 cm³/mol. The molecule has 1 aromatic carbocycles. The van der Waals surface area contributed by atoms with Gasteiger partial charge < -0.3 is 11.5 Å². The van der Waals surface area contributed by atoms with E-state index >= 15 is 0 Å². The SMILES string of the molecule is CC[C@H](C(N)=O)c1ccc(F)cc1C(N)=O. The monoisotopic (exact) mass is 224 g/mol. The van der Waals surface area contributed by atoms with Gasteiger partial charge in [0.15, 0.2) is 0 Å². The van der Waals surface area contributed by atoms with Crippen LogP contribution in [0.2, 0.25) is 0 Å². The quantitative estimate of drug-likeness (QED) is 0.796. The van der Waals surface area contributed by atoms with Crippen LogP contribution in [-0.2, 0) is 4.79 Å². The molecule has 0 aliphatic carbocycles. The third kappa shape index (κ3) is 2.36. The van der Waals surface area contributed by atoms with Crippen LogP contribution in [0, 0.1) is 5.82 Å². The van der Waals surface area contributed by atoms with Crippen molar-refractivity contribution in [2.75, 3.05) is 0 Å². The summed E-state index contributed by atoms with van der Waals surface area (Å²) in [6.07, 6.45) is 0.432. The molecule has 0 saturated carbocycles. The minimum atomic E-state index is -0.769. The molecule has 0 bridgehead atoms. The van der Waals surface area contributed by atoms with E-state index in [4.69, 9.17) is 11.5 Å². The van der Waals surface area contributed by atoms with Crippen LogP contribution in [0.4, 0.5) is 4.39 Å². The fourth-order valence-electron chi connectivity index (χ4n) is 1.62. The standard InChI is InChI=1S/C11H13FN2O2/c1-2-7(10(13)15)8-4-3-6(12)5-9(8)11(14)16/h3-5,7H,2H2,1H3,(H2,13,15)(H2,14,16)/t7-/m0/s1. The van der Waals surface area contributed by atoms with Gasteiger partial charge in [-0.3, -0.25) is 9.59 Å². The van der Waals surface area contributed by atoms with Crippen molar-refractivity contribution in [2.45, 2.75) is 19.3 Å². The van der Waals surface area contributed by atoms with Gasteiger partial charge in [0.25, 0.3) is 0 Å². The fourth-order valence-corrected chi connectivity index (χ4v) is 1.62. The molecule has 4 N–H and O–H groups in total. The van der Waals surface area contributed by atoms with Crippen LogP contribution >= 0.6 is 0 Å². The van der Waals surface area contributed by atoms with E-state index < -0.39 is 23.5 Å². The van der Waals surface area contributed by atoms with Crippen molar-refractivity contribution >= 4 is 11.8 Å². The zero-order chi connectivity index (χ0) is 12.3. The van der Waals surface area contributed by atoms with Gasteiger partial charge in [-0.1, -0.05) is 13.0 Å². The number of rotatable bonds is 4. The van der Waals surface area contributed by atoms with E-state index in [1.165, 1.54) is 12.1 Å². The third-order valence-electron chi connectivity index (χ3n) is 2.41. The molecule has 0 fully saturated rings. The summed E-state index contributed by atoms with van der Waals surface area (Å²) in [4.78, 5) is 22.3. The second-order valence-corrected chi connectivity index (χ2v) is 3.46. The first-order valence-corrected chi connectivity index (χ1v) is 4.86. The van der Waals surface area contributed by atoms with Gasteiger partial charge in [0.05, 0.1) is 5.92 Å². The summed E-state index contributed by atoms with van der Waals surface area (Å²) in [5.74, 6) is -2.52. The van der Waals surface area contributed by atoms with E-state index in [1.807, 2.05) is 0 Å². The molecule has 0 heterocycles. The van der Waals surface area contributed by atoms with Gasteiger partial charge in [-0.15, -0.1) is 0 Å². The van der Waals surface area contributed by atoms with Crippen LogP contribution in [0.25, 0.3) is 0 Å². The molecule has 1 aromatic rings. The number of halogens is 1. The van der Waals surface area contributed by atoms with Gasteiger partial charge in [0, 0.05) is 5.56 Å². The zero-order valence-corrected chi connectivity index (χ0v) is 8.87. The Morgan fingerprint density at radius 1 is 1.38 bits per heavy atom. The average molecular weight is 224 g/mol. The van der Waals surface area contributed by atoms with Crippen molar-refractivity contribution in [3.05, 3.63) is 35.1 Å². The molecule has 0 aliphatic heterocycles. The minimum absolute atomic E-state index is 0.00523. The highest BCUT2D eigenvalue weighted by molar-refractivity contribution is 5.96. The number of amides is 2. The van der Waals surface area contributed by atoms with Crippen LogP contribution in [0.15, 0.2) is 18.2 Å². The highest BCUT2D eigenvalue weighted by Gasteiger charge is 2.21. The molecule has 86 valence electrons. The lowest BCUT2D eigenvalue weighted by Gasteiger charge is -2.14. The third-order valence-corrected chi connectivity index (χ3v) is 2.41. The topological polar surface area (TPSA) is 86.2 Å². The minimum Gasteiger partial charge on any atom is -0.369 e. The van der Waals surface area contributed by atoms with E-state index in [1.54, 1.807) is 6.92 Å². The molecule has 1 rings (SSSR count). The first-order valence-electron chi connectivity index (χ1n) is 4.86. The lowest BCUT2D eigenvalue weighted by molar-refractivity contribution is -0.119. The van der Waals surface area contributed by atoms with E-state index in [-0.39, 0.29) is 5.56 Å². The van der Waals surface area contributed by atoms with Crippen LogP contribution in [0.1, 0.15) is 35.2 Å². The van der Waals surface area contributed by atoms with E-state index in [0.29, 0.717) is 12.0 Å². The summed E-state index contributed by atoms with van der Waals surface area (Å²) in [5, 5.41) is 0. The molecule has 0 saturated heterocycles. The molecule has 0 unspecified atom stereocenters. The summed E-state index contributed by atoms with van der Waals surface area (Å²) in [6.45, 7) is 1.75. The summed E-state index contributed by atoms with van der Waals surface area (Å²) in [6, 6.07) is 3.56. The van der Waals surface area contributed by atoms with E-state index in [2.05, 4.69) is 0 Å². The second-order valence-electron chi connectivity index (χ2n) is 3.46. The molecule has 0 aromatic heterocycles. The Bertz CT molecular complexity index is 432. The van der Waals surface area contributed by atoms with Crippen molar-refractivity contribution in [2.24, 2.45) is 11.5 Å². The molecular formula is C11H13FN2O2. The van der Waals surface area contributed by atoms with Crippen LogP contribution in [-0.4, -0.2) is 11.8 Å². The predicted octanol–water partition coefficient (Wildman–Crippen LogP) is 0.904. The number of primary amides is 2. The highest BCUT2D eigenvalue weighted by Crippen LogP contribution is 2.23. The van der Waals surface area contributed by atoms with E-state index in [9.17, 15) is 14.0 Å². The van der Waals surface area contributed by atoms with Crippen molar-refractivity contribution in [3.8, 4) is 0 Å². The van der Waals surface area contributed by atoms with Gasteiger partial charge in [-0.25, -0.2) is 4.39 Å². The number of benzene rings is 1. The van der Waals surface area contributed by atoms with E-state index in [0.717, 1.165) is 6.07 Å². The summed E-state index contributed by atoms with van der Waals surface area (Å²) >= 11 is 0. The summed E-state index contributed by atoms with van der Waals surface area (Å²) < 4.78 is 13.0.